The van der Waals surface area contributed by atoms with Gasteiger partial charge in [-0.3, -0.25) is 9.69 Å². The second-order valence-corrected chi connectivity index (χ2v) is 5.55. The fourth-order valence-corrected chi connectivity index (χ4v) is 2.50. The van der Waals surface area contributed by atoms with Crippen LogP contribution in [0.4, 0.5) is 4.39 Å². The van der Waals surface area contributed by atoms with Crippen LogP contribution in [0, 0.1) is 11.7 Å². The molecule has 0 aromatic heterocycles. The first-order valence-electron chi connectivity index (χ1n) is 7.03. The minimum absolute atomic E-state index is 0. The van der Waals surface area contributed by atoms with Gasteiger partial charge in [-0.15, -0.1) is 12.4 Å². The molecule has 1 aromatic carbocycles. The lowest BCUT2D eigenvalue weighted by atomic mass is 10.0. The van der Waals surface area contributed by atoms with Crippen LogP contribution >= 0.6 is 12.4 Å². The standard InChI is InChI=1S/C15H22FN3O.ClH/c1-11(17)13-6-7-19(9-13)10-15(20)18-8-12-2-4-14(16)5-3-12;/h2-5,11,13H,6-10,17H2,1H3,(H,18,20);1H. The van der Waals surface area contributed by atoms with Crippen molar-refractivity contribution < 1.29 is 9.18 Å². The van der Waals surface area contributed by atoms with Gasteiger partial charge in [0.1, 0.15) is 5.82 Å². The third-order valence-electron chi connectivity index (χ3n) is 3.82. The summed E-state index contributed by atoms with van der Waals surface area (Å²) in [6.07, 6.45) is 1.06. The molecular formula is C15H23ClFN3O. The summed E-state index contributed by atoms with van der Waals surface area (Å²) in [5, 5.41) is 2.86. The summed E-state index contributed by atoms with van der Waals surface area (Å²) in [7, 11) is 0. The highest BCUT2D eigenvalue weighted by molar-refractivity contribution is 5.85. The zero-order chi connectivity index (χ0) is 14.5. The minimum Gasteiger partial charge on any atom is -0.351 e. The van der Waals surface area contributed by atoms with Crippen LogP contribution in [0.15, 0.2) is 24.3 Å². The van der Waals surface area contributed by atoms with Crippen molar-refractivity contribution in [2.24, 2.45) is 11.7 Å². The second kappa shape index (κ2) is 8.32. The van der Waals surface area contributed by atoms with Crippen molar-refractivity contribution in [2.45, 2.75) is 25.9 Å². The average molecular weight is 316 g/mol. The van der Waals surface area contributed by atoms with Gasteiger partial charge in [0, 0.05) is 19.1 Å². The Balaban J connectivity index is 0.00000220. The molecule has 3 N–H and O–H groups in total. The molecule has 1 aromatic rings. The van der Waals surface area contributed by atoms with Crippen molar-refractivity contribution in [3.05, 3.63) is 35.6 Å². The summed E-state index contributed by atoms with van der Waals surface area (Å²) >= 11 is 0. The van der Waals surface area contributed by atoms with E-state index in [-0.39, 0.29) is 30.2 Å². The van der Waals surface area contributed by atoms with Crippen LogP contribution in [0.2, 0.25) is 0 Å². The number of likely N-dealkylation sites (tertiary alicyclic amines) is 1. The van der Waals surface area contributed by atoms with Gasteiger partial charge in [0.15, 0.2) is 0 Å². The van der Waals surface area contributed by atoms with E-state index in [2.05, 4.69) is 10.2 Å². The van der Waals surface area contributed by atoms with Gasteiger partial charge >= 0.3 is 0 Å². The van der Waals surface area contributed by atoms with Crippen molar-refractivity contribution in [1.29, 1.82) is 0 Å². The van der Waals surface area contributed by atoms with Gasteiger partial charge in [0.2, 0.25) is 5.91 Å². The van der Waals surface area contributed by atoms with E-state index in [1.807, 2.05) is 6.92 Å². The van der Waals surface area contributed by atoms with Gasteiger partial charge in [-0.25, -0.2) is 4.39 Å². The normalized spacial score (nSPS) is 19.9. The topological polar surface area (TPSA) is 58.4 Å². The van der Waals surface area contributed by atoms with Crippen molar-refractivity contribution in [3.8, 4) is 0 Å². The van der Waals surface area contributed by atoms with Crippen molar-refractivity contribution in [2.75, 3.05) is 19.6 Å². The number of amides is 1. The van der Waals surface area contributed by atoms with Crippen LogP contribution in [-0.4, -0.2) is 36.5 Å². The minimum atomic E-state index is -0.265. The Bertz CT molecular complexity index is 453. The first-order valence-corrected chi connectivity index (χ1v) is 7.03. The van der Waals surface area contributed by atoms with Crippen molar-refractivity contribution in [3.63, 3.8) is 0 Å². The highest BCUT2D eigenvalue weighted by Gasteiger charge is 2.26. The number of rotatable bonds is 5. The summed E-state index contributed by atoms with van der Waals surface area (Å²) in [6, 6.07) is 6.34. The second-order valence-electron chi connectivity index (χ2n) is 5.55. The molecule has 1 fully saturated rings. The van der Waals surface area contributed by atoms with E-state index in [1.165, 1.54) is 12.1 Å². The highest BCUT2D eigenvalue weighted by Crippen LogP contribution is 2.17. The predicted octanol–water partition coefficient (Wildman–Crippen LogP) is 1.53. The van der Waals surface area contributed by atoms with Crippen LogP contribution < -0.4 is 11.1 Å². The van der Waals surface area contributed by atoms with E-state index in [0.29, 0.717) is 19.0 Å². The molecule has 1 heterocycles. The van der Waals surface area contributed by atoms with Crippen LogP contribution in [0.1, 0.15) is 18.9 Å². The maximum atomic E-state index is 12.8. The Morgan fingerprint density at radius 1 is 1.48 bits per heavy atom. The maximum absolute atomic E-state index is 12.8. The molecule has 1 saturated heterocycles. The number of benzene rings is 1. The first-order chi connectivity index (χ1) is 9.54. The quantitative estimate of drug-likeness (QED) is 0.866. The largest absolute Gasteiger partial charge is 0.351 e. The molecule has 1 aliphatic heterocycles. The zero-order valence-electron chi connectivity index (χ0n) is 12.2. The molecule has 4 nitrogen and oxygen atoms in total. The molecule has 2 atom stereocenters. The van der Waals surface area contributed by atoms with E-state index < -0.39 is 0 Å². The Hall–Kier alpha value is -1.17. The van der Waals surface area contributed by atoms with Gasteiger partial charge in [0.25, 0.3) is 0 Å². The van der Waals surface area contributed by atoms with Gasteiger partial charge in [-0.05, 0) is 43.5 Å². The number of carbonyl (C=O) groups excluding carboxylic acids is 1. The number of halogens is 2. The van der Waals surface area contributed by atoms with Gasteiger partial charge < -0.3 is 11.1 Å². The number of nitrogens with two attached hydrogens (primary N) is 1. The molecule has 0 bridgehead atoms. The Morgan fingerprint density at radius 2 is 2.14 bits per heavy atom. The molecule has 0 aliphatic carbocycles. The Morgan fingerprint density at radius 3 is 2.71 bits per heavy atom. The Kier molecular flexibility index (Phi) is 7.08. The van der Waals surface area contributed by atoms with Crippen LogP contribution in [-0.2, 0) is 11.3 Å². The summed E-state index contributed by atoms with van der Waals surface area (Å²) in [4.78, 5) is 14.0. The van der Waals surface area contributed by atoms with E-state index in [1.54, 1.807) is 12.1 Å². The van der Waals surface area contributed by atoms with Crippen molar-refractivity contribution >= 4 is 18.3 Å². The monoisotopic (exact) mass is 315 g/mol. The van der Waals surface area contributed by atoms with Gasteiger partial charge in [0.05, 0.1) is 6.54 Å². The van der Waals surface area contributed by atoms with E-state index >= 15 is 0 Å². The molecule has 0 radical (unpaired) electrons. The van der Waals surface area contributed by atoms with E-state index in [0.717, 1.165) is 25.1 Å². The van der Waals surface area contributed by atoms with Crippen LogP contribution in [0.5, 0.6) is 0 Å². The van der Waals surface area contributed by atoms with E-state index in [4.69, 9.17) is 5.73 Å². The summed E-state index contributed by atoms with van der Waals surface area (Å²) < 4.78 is 12.8. The molecule has 6 heteroatoms. The predicted molar refractivity (Wildman–Crippen MR) is 83.7 cm³/mol. The van der Waals surface area contributed by atoms with Crippen molar-refractivity contribution in [1.82, 2.24) is 10.2 Å². The first kappa shape index (κ1) is 17.9. The fourth-order valence-electron chi connectivity index (χ4n) is 2.50. The number of hydrogen-bond acceptors (Lipinski definition) is 3. The lowest BCUT2D eigenvalue weighted by Gasteiger charge is -2.17. The molecule has 118 valence electrons. The lowest BCUT2D eigenvalue weighted by molar-refractivity contribution is -0.122. The lowest BCUT2D eigenvalue weighted by Crippen LogP contribution is -2.37. The summed E-state index contributed by atoms with van der Waals surface area (Å²) in [5.41, 5.74) is 6.78. The van der Waals surface area contributed by atoms with Gasteiger partial charge in [-0.1, -0.05) is 12.1 Å². The highest BCUT2D eigenvalue weighted by atomic mass is 35.5. The summed E-state index contributed by atoms with van der Waals surface area (Å²) in [6.45, 7) is 4.68. The summed E-state index contributed by atoms with van der Waals surface area (Å²) in [5.74, 6) is 0.221. The van der Waals surface area contributed by atoms with Crippen LogP contribution in [0.3, 0.4) is 0 Å². The number of hydrogen-bond donors (Lipinski definition) is 2. The molecule has 21 heavy (non-hydrogen) atoms. The number of carbonyl (C=O) groups is 1. The SMILES string of the molecule is CC(N)C1CCN(CC(=O)NCc2ccc(F)cc2)C1.Cl. The molecule has 2 unspecified atom stereocenters. The van der Waals surface area contributed by atoms with E-state index in [9.17, 15) is 9.18 Å². The van der Waals surface area contributed by atoms with Gasteiger partial charge in [-0.2, -0.15) is 0 Å². The molecule has 0 saturated carbocycles. The molecule has 1 aliphatic rings. The number of nitrogens with one attached hydrogen (secondary N) is 1. The fraction of sp³-hybridized carbons (Fsp3) is 0.533. The van der Waals surface area contributed by atoms with Crippen LogP contribution in [0.25, 0.3) is 0 Å². The maximum Gasteiger partial charge on any atom is 0.234 e. The zero-order valence-corrected chi connectivity index (χ0v) is 13.0. The third kappa shape index (κ3) is 5.61. The molecule has 0 spiro atoms. The molecular weight excluding hydrogens is 293 g/mol. The third-order valence-corrected chi connectivity index (χ3v) is 3.82. The molecule has 2 rings (SSSR count). The Labute approximate surface area is 131 Å². The molecule has 1 amide bonds. The average Bonchev–Trinajstić information content (AvgIpc) is 2.87. The smallest absolute Gasteiger partial charge is 0.234 e. The number of nitrogens with zero attached hydrogens (tertiary/aromatic N) is 1.